The lowest BCUT2D eigenvalue weighted by Crippen LogP contribution is -2.70. The van der Waals surface area contributed by atoms with Crippen molar-refractivity contribution in [3.63, 3.8) is 0 Å². The Morgan fingerprint density at radius 3 is 2.79 bits per heavy atom. The minimum absolute atomic E-state index is 0.107. The van der Waals surface area contributed by atoms with Crippen molar-refractivity contribution in [1.29, 1.82) is 0 Å². The van der Waals surface area contributed by atoms with Gasteiger partial charge in [-0.1, -0.05) is 6.92 Å². The van der Waals surface area contributed by atoms with Crippen LogP contribution in [0.4, 0.5) is 0 Å². The number of fused-ring (bicyclic) bond motifs is 1. The monoisotopic (exact) mass is 199 g/mol. The molecule has 0 aromatic heterocycles. The first-order chi connectivity index (χ1) is 6.70. The smallest absolute Gasteiger partial charge is 0.228 e. The molecule has 0 aromatic rings. The summed E-state index contributed by atoms with van der Waals surface area (Å²) in [7, 11) is 0. The van der Waals surface area contributed by atoms with E-state index in [9.17, 15) is 9.90 Å². The molecule has 0 aromatic carbocycles. The highest BCUT2D eigenvalue weighted by Crippen LogP contribution is 2.39. The predicted molar refractivity (Wildman–Crippen MR) is 50.5 cm³/mol. The molecule has 4 atom stereocenters. The molecule has 2 aliphatic rings. The summed E-state index contributed by atoms with van der Waals surface area (Å²) >= 11 is 0. The summed E-state index contributed by atoms with van der Waals surface area (Å²) in [5, 5.41) is 18.7. The van der Waals surface area contributed by atoms with Crippen LogP contribution in [0.25, 0.3) is 0 Å². The molecule has 2 saturated heterocycles. The van der Waals surface area contributed by atoms with E-state index in [1.165, 1.54) is 0 Å². The predicted octanol–water partition coefficient (Wildman–Crippen LogP) is -0.261. The van der Waals surface area contributed by atoms with E-state index in [4.69, 9.17) is 5.11 Å². The maximum absolute atomic E-state index is 11.6. The second-order valence-electron chi connectivity index (χ2n) is 4.22. The Balaban J connectivity index is 2.11. The zero-order valence-corrected chi connectivity index (χ0v) is 8.39. The van der Waals surface area contributed by atoms with Crippen LogP contribution in [-0.4, -0.2) is 45.8 Å². The molecule has 4 nitrogen and oxygen atoms in total. The Morgan fingerprint density at radius 1 is 1.50 bits per heavy atom. The van der Waals surface area contributed by atoms with Crippen LogP contribution in [0, 0.1) is 5.92 Å². The van der Waals surface area contributed by atoms with Gasteiger partial charge in [0.1, 0.15) is 0 Å². The molecule has 2 N–H and O–H groups in total. The second-order valence-corrected chi connectivity index (χ2v) is 4.22. The molecule has 14 heavy (non-hydrogen) atoms. The van der Waals surface area contributed by atoms with Crippen LogP contribution < -0.4 is 0 Å². The average Bonchev–Trinajstić information content (AvgIpc) is 2.19. The van der Waals surface area contributed by atoms with Gasteiger partial charge in [0.05, 0.1) is 24.7 Å². The lowest BCUT2D eigenvalue weighted by molar-refractivity contribution is -0.177. The minimum Gasteiger partial charge on any atom is -0.394 e. The first-order valence-electron chi connectivity index (χ1n) is 5.31. The lowest BCUT2D eigenvalue weighted by Gasteiger charge is -2.55. The molecule has 0 spiro atoms. The molecule has 2 rings (SSSR count). The number of hydrogen-bond acceptors (Lipinski definition) is 3. The van der Waals surface area contributed by atoms with Crippen LogP contribution in [0.2, 0.25) is 0 Å². The SMILES string of the molecule is CC[C@H]1C(=O)N2[C@H](CO)[C@H](O)CC[C@H]12. The molecule has 4 heteroatoms. The molecule has 80 valence electrons. The summed E-state index contributed by atoms with van der Waals surface area (Å²) in [6.45, 7) is 1.89. The quantitative estimate of drug-likeness (QED) is 0.602. The number of carbonyl (C=O) groups is 1. The fraction of sp³-hybridized carbons (Fsp3) is 0.900. The van der Waals surface area contributed by atoms with Crippen LogP contribution in [-0.2, 0) is 4.79 Å². The number of carbonyl (C=O) groups excluding carboxylic acids is 1. The van der Waals surface area contributed by atoms with Crippen molar-refractivity contribution in [2.75, 3.05) is 6.61 Å². The number of aliphatic hydroxyl groups excluding tert-OH is 2. The number of hydrogen-bond donors (Lipinski definition) is 2. The van der Waals surface area contributed by atoms with Crippen LogP contribution in [0.15, 0.2) is 0 Å². The minimum atomic E-state index is -0.544. The maximum atomic E-state index is 11.6. The number of rotatable bonds is 2. The van der Waals surface area contributed by atoms with Gasteiger partial charge in [-0.3, -0.25) is 4.79 Å². The molecular formula is C10H17NO3. The standard InChI is InChI=1S/C10H17NO3/c1-2-6-7-3-4-9(13)8(5-12)11(7)10(6)14/h6-9,12-13H,2-5H2,1H3/t6-,7-,8-,9-/m1/s1. The van der Waals surface area contributed by atoms with Gasteiger partial charge in [-0.25, -0.2) is 0 Å². The molecule has 0 saturated carbocycles. The number of amides is 1. The second kappa shape index (κ2) is 3.51. The van der Waals surface area contributed by atoms with Crippen molar-refractivity contribution in [3.05, 3.63) is 0 Å². The van der Waals surface area contributed by atoms with Crippen LogP contribution in [0.3, 0.4) is 0 Å². The topological polar surface area (TPSA) is 60.8 Å². The first-order valence-corrected chi connectivity index (χ1v) is 5.31. The molecule has 0 bridgehead atoms. The average molecular weight is 199 g/mol. The van der Waals surface area contributed by atoms with Crippen LogP contribution >= 0.6 is 0 Å². The van der Waals surface area contributed by atoms with Crippen molar-refractivity contribution < 1.29 is 15.0 Å². The van der Waals surface area contributed by atoms with Crippen molar-refractivity contribution in [2.45, 2.75) is 44.4 Å². The zero-order valence-electron chi connectivity index (χ0n) is 8.39. The van der Waals surface area contributed by atoms with Gasteiger partial charge in [-0.15, -0.1) is 0 Å². The van der Waals surface area contributed by atoms with Crippen molar-refractivity contribution in [2.24, 2.45) is 5.92 Å². The van der Waals surface area contributed by atoms with E-state index < -0.39 is 6.10 Å². The van der Waals surface area contributed by atoms with E-state index in [-0.39, 0.29) is 30.5 Å². The van der Waals surface area contributed by atoms with E-state index in [0.717, 1.165) is 12.8 Å². The lowest BCUT2D eigenvalue weighted by atomic mass is 9.76. The number of nitrogens with zero attached hydrogens (tertiary/aromatic N) is 1. The largest absolute Gasteiger partial charge is 0.394 e. The normalized spacial score (nSPS) is 41.9. The highest BCUT2D eigenvalue weighted by atomic mass is 16.3. The van der Waals surface area contributed by atoms with Gasteiger partial charge in [0, 0.05) is 6.04 Å². The first kappa shape index (κ1) is 9.93. The molecule has 2 heterocycles. The van der Waals surface area contributed by atoms with Gasteiger partial charge >= 0.3 is 0 Å². The van der Waals surface area contributed by atoms with Gasteiger partial charge in [0.25, 0.3) is 0 Å². The molecule has 0 radical (unpaired) electrons. The zero-order chi connectivity index (χ0) is 10.3. The summed E-state index contributed by atoms with van der Waals surface area (Å²) in [6.07, 6.45) is 1.91. The maximum Gasteiger partial charge on any atom is 0.228 e. The third kappa shape index (κ3) is 1.17. The fourth-order valence-corrected chi connectivity index (χ4v) is 2.76. The summed E-state index contributed by atoms with van der Waals surface area (Å²) in [5.41, 5.74) is 0. The Hall–Kier alpha value is -0.610. The Bertz CT molecular complexity index is 244. The van der Waals surface area contributed by atoms with Gasteiger partial charge in [0.2, 0.25) is 5.91 Å². The Morgan fingerprint density at radius 2 is 2.21 bits per heavy atom. The molecular weight excluding hydrogens is 182 g/mol. The number of aliphatic hydroxyl groups is 2. The summed E-state index contributed by atoms with van der Waals surface area (Å²) in [4.78, 5) is 13.3. The summed E-state index contributed by atoms with van der Waals surface area (Å²) in [5.74, 6) is 0.242. The molecule has 2 fully saturated rings. The third-order valence-corrected chi connectivity index (χ3v) is 3.58. The molecule has 2 aliphatic heterocycles. The van der Waals surface area contributed by atoms with Crippen molar-refractivity contribution >= 4 is 5.91 Å². The van der Waals surface area contributed by atoms with Gasteiger partial charge in [-0.05, 0) is 19.3 Å². The van der Waals surface area contributed by atoms with Crippen LogP contribution in [0.5, 0.6) is 0 Å². The van der Waals surface area contributed by atoms with Crippen molar-refractivity contribution in [1.82, 2.24) is 4.90 Å². The highest BCUT2D eigenvalue weighted by molar-refractivity contribution is 5.86. The number of piperidine rings is 1. The third-order valence-electron chi connectivity index (χ3n) is 3.58. The van der Waals surface area contributed by atoms with Gasteiger partial charge in [0.15, 0.2) is 0 Å². The molecule has 0 unspecified atom stereocenters. The fourth-order valence-electron chi connectivity index (χ4n) is 2.76. The van der Waals surface area contributed by atoms with Gasteiger partial charge < -0.3 is 15.1 Å². The van der Waals surface area contributed by atoms with E-state index in [1.54, 1.807) is 4.90 Å². The molecule has 1 amide bonds. The number of β-lactam (4-membered cyclic amide) rings is 1. The summed E-state index contributed by atoms with van der Waals surface area (Å²) in [6, 6.07) is -0.0860. The Labute approximate surface area is 83.5 Å². The van der Waals surface area contributed by atoms with E-state index in [0.29, 0.717) is 6.42 Å². The van der Waals surface area contributed by atoms with E-state index >= 15 is 0 Å². The summed E-state index contributed by atoms with van der Waals surface area (Å²) < 4.78 is 0. The van der Waals surface area contributed by atoms with E-state index in [1.807, 2.05) is 6.92 Å². The van der Waals surface area contributed by atoms with Gasteiger partial charge in [-0.2, -0.15) is 0 Å². The van der Waals surface area contributed by atoms with E-state index in [2.05, 4.69) is 0 Å². The molecule has 0 aliphatic carbocycles. The highest BCUT2D eigenvalue weighted by Gasteiger charge is 2.52. The Kier molecular flexibility index (Phi) is 2.49. The van der Waals surface area contributed by atoms with Crippen LogP contribution in [0.1, 0.15) is 26.2 Å². The van der Waals surface area contributed by atoms with Crippen molar-refractivity contribution in [3.8, 4) is 0 Å².